The van der Waals surface area contributed by atoms with Gasteiger partial charge in [-0.3, -0.25) is 0 Å². The molecule has 2 aromatic carbocycles. The fourth-order valence-corrected chi connectivity index (χ4v) is 2.75. The summed E-state index contributed by atoms with van der Waals surface area (Å²) >= 11 is 0. The van der Waals surface area contributed by atoms with Crippen molar-refractivity contribution in [3.05, 3.63) is 83.6 Å². The Morgan fingerprint density at radius 1 is 1.00 bits per heavy atom. The zero-order chi connectivity index (χ0) is 17.2. The van der Waals surface area contributed by atoms with Crippen LogP contribution in [0.25, 0.3) is 5.57 Å². The highest BCUT2D eigenvalue weighted by atomic mass is 15.2. The van der Waals surface area contributed by atoms with Crippen LogP contribution in [0.3, 0.4) is 0 Å². The molecule has 3 rings (SSSR count). The fraction of sp³-hybridized carbons (Fsp3) is 0.200. The number of nitrogens with two attached hydrogens (primary N) is 2. The number of rotatable bonds is 3. The van der Waals surface area contributed by atoms with Gasteiger partial charge in [0.05, 0.1) is 5.69 Å². The van der Waals surface area contributed by atoms with Gasteiger partial charge in [-0.2, -0.15) is 10.2 Å². The smallest absolute Gasteiger partial charge is 0.156 e. The van der Waals surface area contributed by atoms with Crippen molar-refractivity contribution < 1.29 is 0 Å². The number of allylic oxidation sites excluding steroid dienone is 1. The average molecular weight is 318 g/mol. The van der Waals surface area contributed by atoms with Gasteiger partial charge in [0.15, 0.2) is 5.66 Å². The Hall–Kier alpha value is -2.72. The average Bonchev–Trinajstić information content (AvgIpc) is 2.58. The molecule has 2 aromatic rings. The lowest BCUT2D eigenvalue weighted by atomic mass is 9.84. The Kier molecular flexibility index (Phi) is 4.32. The van der Waals surface area contributed by atoms with E-state index in [0.29, 0.717) is 5.70 Å². The van der Waals surface area contributed by atoms with Crippen LogP contribution in [0.5, 0.6) is 0 Å². The van der Waals surface area contributed by atoms with Crippen LogP contribution >= 0.6 is 0 Å². The Bertz CT molecular complexity index is 821. The third-order valence-electron chi connectivity index (χ3n) is 4.37. The van der Waals surface area contributed by atoms with Crippen LogP contribution in [0.1, 0.15) is 18.1 Å². The van der Waals surface area contributed by atoms with Crippen molar-refractivity contribution in [1.29, 1.82) is 0 Å². The maximum absolute atomic E-state index is 6.47. The molecule has 0 radical (unpaired) electrons. The Morgan fingerprint density at radius 3 is 2.38 bits per heavy atom. The lowest BCUT2D eigenvalue weighted by Crippen LogP contribution is -2.44. The molecule has 0 saturated carbocycles. The topological polar surface area (TPSA) is 76.8 Å². The first-order valence-electron chi connectivity index (χ1n) is 8.03. The van der Waals surface area contributed by atoms with Gasteiger partial charge in [-0.05, 0) is 30.2 Å². The lowest BCUT2D eigenvalue weighted by Gasteiger charge is -2.31. The molecule has 24 heavy (non-hydrogen) atoms. The van der Waals surface area contributed by atoms with Crippen LogP contribution in [0, 0.1) is 12.8 Å². The van der Waals surface area contributed by atoms with Crippen molar-refractivity contribution in [3.63, 3.8) is 0 Å². The van der Waals surface area contributed by atoms with Gasteiger partial charge in [-0.25, -0.2) is 0 Å². The van der Waals surface area contributed by atoms with Gasteiger partial charge in [0, 0.05) is 17.2 Å². The second-order valence-electron chi connectivity index (χ2n) is 6.21. The highest BCUT2D eigenvalue weighted by molar-refractivity contribution is 5.80. The summed E-state index contributed by atoms with van der Waals surface area (Å²) in [4.78, 5) is 0. The molecule has 0 heterocycles. The first-order valence-corrected chi connectivity index (χ1v) is 8.03. The Morgan fingerprint density at radius 2 is 1.67 bits per heavy atom. The number of benzene rings is 2. The molecular formula is C20H22N4. The molecule has 2 atom stereocenters. The fourth-order valence-electron chi connectivity index (χ4n) is 2.75. The molecule has 0 amide bonds. The summed E-state index contributed by atoms with van der Waals surface area (Å²) in [5.74, 6) is -0.0206. The van der Waals surface area contributed by atoms with Crippen molar-refractivity contribution >= 4 is 11.3 Å². The van der Waals surface area contributed by atoms with E-state index in [1.54, 1.807) is 0 Å². The summed E-state index contributed by atoms with van der Waals surface area (Å²) in [6, 6.07) is 17.9. The van der Waals surface area contributed by atoms with Gasteiger partial charge in [-0.1, -0.05) is 61.5 Å². The van der Waals surface area contributed by atoms with Crippen LogP contribution in [0.2, 0.25) is 0 Å². The maximum atomic E-state index is 6.47. The Labute approximate surface area is 142 Å². The van der Waals surface area contributed by atoms with E-state index >= 15 is 0 Å². The molecule has 0 aromatic heterocycles. The predicted octanol–water partition coefficient (Wildman–Crippen LogP) is 4.31. The second kappa shape index (κ2) is 6.42. The summed E-state index contributed by atoms with van der Waals surface area (Å²) in [6.07, 6.45) is 3.88. The monoisotopic (exact) mass is 318 g/mol. The summed E-state index contributed by atoms with van der Waals surface area (Å²) in [5, 5.41) is 8.76. The van der Waals surface area contributed by atoms with Crippen LogP contribution in [0.4, 0.5) is 5.69 Å². The van der Waals surface area contributed by atoms with Crippen LogP contribution in [-0.2, 0) is 0 Å². The normalized spacial score (nSPS) is 23.9. The van der Waals surface area contributed by atoms with E-state index in [-0.39, 0.29) is 5.92 Å². The highest BCUT2D eigenvalue weighted by Gasteiger charge is 2.33. The van der Waals surface area contributed by atoms with Gasteiger partial charge in [0.2, 0.25) is 0 Å². The van der Waals surface area contributed by atoms with E-state index in [9.17, 15) is 0 Å². The van der Waals surface area contributed by atoms with Crippen LogP contribution in [-0.4, -0.2) is 5.66 Å². The molecule has 0 bridgehead atoms. The summed E-state index contributed by atoms with van der Waals surface area (Å²) in [6.45, 7) is 4.03. The van der Waals surface area contributed by atoms with Gasteiger partial charge < -0.3 is 11.5 Å². The molecule has 122 valence electrons. The highest BCUT2D eigenvalue weighted by Crippen LogP contribution is 2.34. The standard InChI is InChI=1S/C20H22N4/c1-14-8-6-7-11-19(14)23-24-20(22)13-18(21)17(12-15(20)2)16-9-4-3-5-10-16/h3-13,15H,21-22H2,1-2H3. The number of hydrogen-bond acceptors (Lipinski definition) is 4. The van der Waals surface area contributed by atoms with E-state index in [2.05, 4.69) is 16.3 Å². The van der Waals surface area contributed by atoms with E-state index in [0.717, 1.165) is 22.4 Å². The Balaban J connectivity index is 1.91. The van der Waals surface area contributed by atoms with Crippen LogP contribution < -0.4 is 11.5 Å². The largest absolute Gasteiger partial charge is 0.398 e. The van der Waals surface area contributed by atoms with Gasteiger partial charge in [0.1, 0.15) is 0 Å². The van der Waals surface area contributed by atoms with Crippen molar-refractivity contribution in [1.82, 2.24) is 0 Å². The first kappa shape index (κ1) is 16.1. The number of azo groups is 1. The molecule has 2 unspecified atom stereocenters. The molecule has 0 spiro atoms. The summed E-state index contributed by atoms with van der Waals surface area (Å²) in [7, 11) is 0. The first-order chi connectivity index (χ1) is 11.5. The summed E-state index contributed by atoms with van der Waals surface area (Å²) in [5.41, 5.74) is 16.4. The number of nitrogens with zero attached hydrogens (tertiary/aromatic N) is 2. The van der Waals surface area contributed by atoms with E-state index in [1.165, 1.54) is 0 Å². The minimum Gasteiger partial charge on any atom is -0.398 e. The molecule has 0 aliphatic heterocycles. The molecule has 4 nitrogen and oxygen atoms in total. The molecular weight excluding hydrogens is 296 g/mol. The second-order valence-corrected chi connectivity index (χ2v) is 6.21. The zero-order valence-corrected chi connectivity index (χ0v) is 14.0. The maximum Gasteiger partial charge on any atom is 0.156 e. The minimum atomic E-state index is -0.940. The third-order valence-corrected chi connectivity index (χ3v) is 4.37. The quantitative estimate of drug-likeness (QED) is 0.827. The van der Waals surface area contributed by atoms with Crippen molar-refractivity contribution in [3.8, 4) is 0 Å². The number of hydrogen-bond donors (Lipinski definition) is 2. The zero-order valence-electron chi connectivity index (χ0n) is 14.0. The van der Waals surface area contributed by atoms with E-state index in [1.807, 2.05) is 74.5 Å². The SMILES string of the molecule is Cc1ccccc1N=NC1(N)C=C(N)C(c2ccccc2)=CC1C. The molecule has 0 fully saturated rings. The molecule has 4 N–H and O–H groups in total. The molecule has 1 aliphatic carbocycles. The predicted molar refractivity (Wildman–Crippen MR) is 98.5 cm³/mol. The third kappa shape index (κ3) is 3.14. The van der Waals surface area contributed by atoms with E-state index in [4.69, 9.17) is 11.5 Å². The van der Waals surface area contributed by atoms with Gasteiger partial charge in [-0.15, -0.1) is 0 Å². The lowest BCUT2D eigenvalue weighted by molar-refractivity contribution is 0.416. The molecule has 4 heteroatoms. The molecule has 0 saturated heterocycles. The van der Waals surface area contributed by atoms with Crippen molar-refractivity contribution in [2.45, 2.75) is 19.5 Å². The van der Waals surface area contributed by atoms with E-state index < -0.39 is 5.66 Å². The van der Waals surface area contributed by atoms with Gasteiger partial charge in [0.25, 0.3) is 0 Å². The molecule has 1 aliphatic rings. The summed E-state index contributed by atoms with van der Waals surface area (Å²) < 4.78 is 0. The van der Waals surface area contributed by atoms with Crippen LogP contribution in [0.15, 0.2) is 82.7 Å². The van der Waals surface area contributed by atoms with Crippen molar-refractivity contribution in [2.24, 2.45) is 27.6 Å². The number of aryl methyl sites for hydroxylation is 1. The van der Waals surface area contributed by atoms with Crippen molar-refractivity contribution in [2.75, 3.05) is 0 Å². The minimum absolute atomic E-state index is 0.0206. The van der Waals surface area contributed by atoms with Gasteiger partial charge >= 0.3 is 0 Å².